The number of hydrogen-bond acceptors (Lipinski definition) is 4. The van der Waals surface area contributed by atoms with Gasteiger partial charge >= 0.3 is 6.09 Å². The van der Waals surface area contributed by atoms with Crippen molar-refractivity contribution in [1.29, 1.82) is 0 Å². The second-order valence-electron chi connectivity index (χ2n) is 8.72. The average Bonchev–Trinajstić information content (AvgIpc) is 3.36. The highest BCUT2D eigenvalue weighted by molar-refractivity contribution is 5.94. The fourth-order valence-electron chi connectivity index (χ4n) is 4.16. The summed E-state index contributed by atoms with van der Waals surface area (Å²) >= 11 is 0. The van der Waals surface area contributed by atoms with Crippen LogP contribution in [0.5, 0.6) is 0 Å². The van der Waals surface area contributed by atoms with Gasteiger partial charge in [-0.25, -0.2) is 4.79 Å². The van der Waals surface area contributed by atoms with E-state index in [9.17, 15) is 9.59 Å². The maximum atomic E-state index is 13.1. The van der Waals surface area contributed by atoms with Gasteiger partial charge in [0.25, 0.3) is 5.91 Å². The first kappa shape index (κ1) is 24.8. The largest absolute Gasteiger partial charge is 0.464 e. The van der Waals surface area contributed by atoms with Crippen molar-refractivity contribution in [3.05, 3.63) is 131 Å². The molecule has 6 heteroatoms. The van der Waals surface area contributed by atoms with Gasteiger partial charge < -0.3 is 19.8 Å². The lowest BCUT2D eigenvalue weighted by Crippen LogP contribution is -2.40. The average molecular weight is 483 g/mol. The van der Waals surface area contributed by atoms with E-state index in [0.717, 1.165) is 16.9 Å². The van der Waals surface area contributed by atoms with Gasteiger partial charge in [-0.2, -0.15) is 0 Å². The van der Waals surface area contributed by atoms with Gasteiger partial charge in [-0.1, -0.05) is 85.8 Å². The molecule has 36 heavy (non-hydrogen) atoms. The molecule has 0 unspecified atom stereocenters. The topological polar surface area (TPSA) is 80.6 Å². The number of carbonyl (C=O) groups excluding carboxylic acids is 2. The Bertz CT molecular complexity index is 1260. The van der Waals surface area contributed by atoms with Gasteiger partial charge in [0.2, 0.25) is 0 Å². The summed E-state index contributed by atoms with van der Waals surface area (Å²) in [6.07, 6.45) is -0.564. The molecular weight excluding hydrogens is 452 g/mol. The van der Waals surface area contributed by atoms with Crippen molar-refractivity contribution in [2.45, 2.75) is 32.5 Å². The number of benzene rings is 3. The molecule has 0 aliphatic carbocycles. The number of ether oxygens (including phenoxy) is 1. The Kier molecular flexibility index (Phi) is 8.19. The molecule has 4 rings (SSSR count). The predicted molar refractivity (Wildman–Crippen MR) is 138 cm³/mol. The van der Waals surface area contributed by atoms with Crippen LogP contribution in [0.2, 0.25) is 0 Å². The van der Waals surface area contributed by atoms with Crippen LogP contribution in [0.15, 0.2) is 108 Å². The van der Waals surface area contributed by atoms with Crippen LogP contribution >= 0.6 is 0 Å². The molecule has 0 aliphatic heterocycles. The van der Waals surface area contributed by atoms with Gasteiger partial charge in [0, 0.05) is 11.5 Å². The van der Waals surface area contributed by atoms with Crippen LogP contribution in [0, 0.1) is 12.8 Å². The molecule has 184 valence electrons. The quantitative estimate of drug-likeness (QED) is 0.291. The Labute approximate surface area is 211 Å². The fraction of sp³-hybridized carbons (Fsp3) is 0.200. The van der Waals surface area contributed by atoms with Gasteiger partial charge in [-0.3, -0.25) is 4.79 Å². The minimum atomic E-state index is -0.564. The van der Waals surface area contributed by atoms with E-state index in [-0.39, 0.29) is 18.4 Å². The van der Waals surface area contributed by atoms with E-state index in [1.807, 2.05) is 105 Å². The van der Waals surface area contributed by atoms with Gasteiger partial charge in [0.15, 0.2) is 0 Å². The lowest BCUT2D eigenvalue weighted by Gasteiger charge is -2.31. The minimum Gasteiger partial charge on any atom is -0.464 e. The van der Waals surface area contributed by atoms with Gasteiger partial charge in [-0.05, 0) is 42.3 Å². The van der Waals surface area contributed by atoms with Crippen molar-refractivity contribution < 1.29 is 18.7 Å². The Balaban J connectivity index is 1.58. The second-order valence-corrected chi connectivity index (χ2v) is 8.72. The molecule has 2 N–H and O–H groups in total. The van der Waals surface area contributed by atoms with E-state index in [0.29, 0.717) is 11.3 Å². The number of hydrogen-bond donors (Lipinski definition) is 2. The SMILES string of the molecule is Cc1ccc([C@H](NC(=O)OCc2ccccc2)[C@H](C)[C@H](NC(=O)c2ccccc2)c2ccccc2)o1. The van der Waals surface area contributed by atoms with Crippen LogP contribution < -0.4 is 10.6 Å². The molecule has 0 fully saturated rings. The van der Waals surface area contributed by atoms with Crippen molar-refractivity contribution in [2.75, 3.05) is 0 Å². The van der Waals surface area contributed by atoms with Crippen LogP contribution in [0.25, 0.3) is 0 Å². The molecule has 0 aliphatic rings. The lowest BCUT2D eigenvalue weighted by atomic mass is 9.87. The van der Waals surface area contributed by atoms with Gasteiger partial charge in [-0.15, -0.1) is 0 Å². The van der Waals surface area contributed by atoms with Crippen molar-refractivity contribution in [2.24, 2.45) is 5.92 Å². The number of carbonyl (C=O) groups is 2. The number of alkyl carbamates (subject to hydrolysis) is 1. The molecule has 0 saturated carbocycles. The van der Waals surface area contributed by atoms with E-state index in [1.165, 1.54) is 0 Å². The molecule has 6 nitrogen and oxygen atoms in total. The number of nitrogens with one attached hydrogen (secondary N) is 2. The first-order valence-corrected chi connectivity index (χ1v) is 12.0. The standard InChI is InChI=1S/C30H30N2O4/c1-21-18-19-26(36-21)28(32-30(34)35-20-23-12-6-3-7-13-23)22(2)27(24-14-8-4-9-15-24)31-29(33)25-16-10-5-11-17-25/h3-19,22,27-28H,20H2,1-2H3,(H,31,33)(H,32,34)/t22-,27+,28-/m1/s1. The van der Waals surface area contributed by atoms with E-state index in [4.69, 9.17) is 9.15 Å². The normalized spacial score (nSPS) is 13.3. The molecule has 4 aromatic rings. The maximum Gasteiger partial charge on any atom is 0.408 e. The Morgan fingerprint density at radius 1 is 0.778 bits per heavy atom. The summed E-state index contributed by atoms with van der Waals surface area (Å²) in [6.45, 7) is 3.98. The summed E-state index contributed by atoms with van der Waals surface area (Å²) in [5.41, 5.74) is 2.37. The third-order valence-corrected chi connectivity index (χ3v) is 6.09. The molecule has 0 saturated heterocycles. The highest BCUT2D eigenvalue weighted by atomic mass is 16.5. The zero-order valence-corrected chi connectivity index (χ0v) is 20.4. The molecule has 1 aromatic heterocycles. The second kappa shape index (κ2) is 11.9. The van der Waals surface area contributed by atoms with E-state index >= 15 is 0 Å². The predicted octanol–water partition coefficient (Wildman–Crippen LogP) is 6.36. The minimum absolute atomic E-state index is 0.151. The van der Waals surface area contributed by atoms with Gasteiger partial charge in [0.05, 0.1) is 12.1 Å². The molecule has 3 atom stereocenters. The third-order valence-electron chi connectivity index (χ3n) is 6.09. The van der Waals surface area contributed by atoms with Crippen LogP contribution in [0.1, 0.15) is 52.0 Å². The summed E-state index contributed by atoms with van der Waals surface area (Å²) < 4.78 is 11.4. The van der Waals surface area contributed by atoms with Crippen LogP contribution in [0.3, 0.4) is 0 Å². The molecule has 2 amide bonds. The maximum absolute atomic E-state index is 13.1. The Morgan fingerprint density at radius 2 is 1.39 bits per heavy atom. The molecule has 1 heterocycles. The highest BCUT2D eigenvalue weighted by Gasteiger charge is 2.33. The van der Waals surface area contributed by atoms with Crippen molar-refractivity contribution in [3.63, 3.8) is 0 Å². The zero-order chi connectivity index (χ0) is 25.3. The number of amides is 2. The van der Waals surface area contributed by atoms with E-state index in [2.05, 4.69) is 10.6 Å². The summed E-state index contributed by atoms with van der Waals surface area (Å²) in [6, 6.07) is 31.0. The van der Waals surface area contributed by atoms with Crippen molar-refractivity contribution in [3.8, 4) is 0 Å². The number of aryl methyl sites for hydroxylation is 1. The number of rotatable bonds is 9. The molecule has 0 radical (unpaired) electrons. The number of furan rings is 1. The molecular formula is C30H30N2O4. The smallest absolute Gasteiger partial charge is 0.408 e. The highest BCUT2D eigenvalue weighted by Crippen LogP contribution is 2.34. The van der Waals surface area contributed by atoms with Crippen LogP contribution in [-0.4, -0.2) is 12.0 Å². The molecule has 0 bridgehead atoms. The van der Waals surface area contributed by atoms with Crippen LogP contribution in [-0.2, 0) is 11.3 Å². The zero-order valence-electron chi connectivity index (χ0n) is 20.4. The first-order valence-electron chi connectivity index (χ1n) is 12.0. The molecule has 3 aromatic carbocycles. The monoisotopic (exact) mass is 482 g/mol. The van der Waals surface area contributed by atoms with Crippen molar-refractivity contribution >= 4 is 12.0 Å². The van der Waals surface area contributed by atoms with E-state index < -0.39 is 18.2 Å². The third kappa shape index (κ3) is 6.42. The Hall–Kier alpha value is -4.32. The van der Waals surface area contributed by atoms with Crippen LogP contribution in [0.4, 0.5) is 4.79 Å². The summed E-state index contributed by atoms with van der Waals surface area (Å²) in [7, 11) is 0. The fourth-order valence-corrected chi connectivity index (χ4v) is 4.16. The summed E-state index contributed by atoms with van der Waals surface area (Å²) in [5.74, 6) is 0.838. The summed E-state index contributed by atoms with van der Waals surface area (Å²) in [5, 5.41) is 6.14. The lowest BCUT2D eigenvalue weighted by molar-refractivity contribution is 0.0910. The van der Waals surface area contributed by atoms with Crippen molar-refractivity contribution in [1.82, 2.24) is 10.6 Å². The Morgan fingerprint density at radius 3 is 2.00 bits per heavy atom. The molecule has 0 spiro atoms. The summed E-state index contributed by atoms with van der Waals surface area (Å²) in [4.78, 5) is 26.0. The first-order chi connectivity index (χ1) is 17.5. The van der Waals surface area contributed by atoms with E-state index in [1.54, 1.807) is 12.1 Å². The van der Waals surface area contributed by atoms with Gasteiger partial charge in [0.1, 0.15) is 18.1 Å².